The van der Waals surface area contributed by atoms with Crippen LogP contribution in [-0.2, 0) is 11.8 Å². The van der Waals surface area contributed by atoms with Crippen molar-refractivity contribution in [2.45, 2.75) is 6.92 Å². The van der Waals surface area contributed by atoms with Gasteiger partial charge in [0.25, 0.3) is 11.1 Å². The lowest BCUT2D eigenvalue weighted by Crippen LogP contribution is -2.32. The highest BCUT2D eigenvalue weighted by Gasteiger charge is 2.35. The molecule has 148 valence electrons. The number of imide groups is 1. The molecule has 1 aromatic heterocycles. The van der Waals surface area contributed by atoms with Gasteiger partial charge in [-0.2, -0.15) is 0 Å². The average molecular weight is 427 g/mol. The molecule has 2 amide bonds. The molecule has 29 heavy (non-hydrogen) atoms. The molecule has 1 aliphatic heterocycles. The van der Waals surface area contributed by atoms with Gasteiger partial charge in [-0.25, -0.2) is 0 Å². The molecule has 7 heteroatoms. The summed E-state index contributed by atoms with van der Waals surface area (Å²) in [5.74, 6) is 0.357. The number of amides is 2. The van der Waals surface area contributed by atoms with Crippen LogP contribution in [0.1, 0.15) is 11.3 Å². The molecule has 0 radical (unpaired) electrons. The largest absolute Gasteiger partial charge is 0.492 e. The monoisotopic (exact) mass is 426 g/mol. The van der Waals surface area contributed by atoms with Gasteiger partial charge in [-0.1, -0.05) is 29.8 Å². The fraction of sp³-hybridized carbons (Fsp3) is 0.182. The molecule has 0 unspecified atom stereocenters. The first-order valence-corrected chi connectivity index (χ1v) is 10.3. The molecular formula is C22H19ClN2O3S. The smallest absolute Gasteiger partial charge is 0.293 e. The second-order valence-electron chi connectivity index (χ2n) is 6.71. The normalized spacial score (nSPS) is 15.7. The van der Waals surface area contributed by atoms with Crippen LogP contribution in [-0.4, -0.2) is 33.8 Å². The van der Waals surface area contributed by atoms with Crippen molar-refractivity contribution in [3.63, 3.8) is 0 Å². The van der Waals surface area contributed by atoms with Crippen LogP contribution in [0.2, 0.25) is 5.02 Å². The number of rotatable bonds is 5. The number of thioether (sulfide) groups is 1. The third-order valence-electron chi connectivity index (χ3n) is 4.99. The summed E-state index contributed by atoms with van der Waals surface area (Å²) in [6.45, 7) is 2.43. The first kappa shape index (κ1) is 19.6. The maximum atomic E-state index is 12.8. The Kier molecular flexibility index (Phi) is 5.39. The lowest BCUT2D eigenvalue weighted by molar-refractivity contribution is -0.123. The van der Waals surface area contributed by atoms with Gasteiger partial charge >= 0.3 is 0 Å². The lowest BCUT2D eigenvalue weighted by Gasteiger charge is -2.13. The van der Waals surface area contributed by atoms with Crippen LogP contribution in [0.25, 0.3) is 17.0 Å². The van der Waals surface area contributed by atoms with Crippen molar-refractivity contribution in [2.75, 3.05) is 13.2 Å². The SMILES string of the molecule is Cc1c(/C=C2\SC(=O)N(CCOc3ccc(Cl)cc3)C2=O)c2ccccc2n1C. The minimum atomic E-state index is -0.285. The summed E-state index contributed by atoms with van der Waals surface area (Å²) in [7, 11) is 1.99. The number of halogens is 1. The molecule has 1 fully saturated rings. The Labute approximate surface area is 177 Å². The predicted octanol–water partition coefficient (Wildman–Crippen LogP) is 5.26. The number of carbonyl (C=O) groups is 2. The van der Waals surface area contributed by atoms with Crippen molar-refractivity contribution >= 4 is 51.5 Å². The van der Waals surface area contributed by atoms with Crippen molar-refractivity contribution in [3.05, 3.63) is 69.7 Å². The second-order valence-corrected chi connectivity index (χ2v) is 8.14. The van der Waals surface area contributed by atoms with Crippen LogP contribution < -0.4 is 4.74 Å². The molecule has 0 saturated carbocycles. The number of nitrogens with zero attached hydrogens (tertiary/aromatic N) is 2. The molecule has 0 N–H and O–H groups in total. The summed E-state index contributed by atoms with van der Waals surface area (Å²) in [6, 6.07) is 15.0. The molecule has 4 rings (SSSR count). The fourth-order valence-corrected chi connectivity index (χ4v) is 4.31. The molecule has 2 aromatic carbocycles. The summed E-state index contributed by atoms with van der Waals surface area (Å²) in [4.78, 5) is 26.8. The summed E-state index contributed by atoms with van der Waals surface area (Å²) in [5, 5.41) is 1.40. The van der Waals surface area contributed by atoms with Gasteiger partial charge in [0.05, 0.1) is 11.4 Å². The Morgan fingerprint density at radius 1 is 1.10 bits per heavy atom. The van der Waals surface area contributed by atoms with Gasteiger partial charge in [-0.3, -0.25) is 14.5 Å². The van der Waals surface area contributed by atoms with Crippen molar-refractivity contribution in [1.29, 1.82) is 0 Å². The zero-order chi connectivity index (χ0) is 20.5. The van der Waals surface area contributed by atoms with Gasteiger partial charge in [0.2, 0.25) is 0 Å². The van der Waals surface area contributed by atoms with E-state index < -0.39 is 0 Å². The average Bonchev–Trinajstić information content (AvgIpc) is 3.12. The Balaban J connectivity index is 1.51. The van der Waals surface area contributed by atoms with Crippen molar-refractivity contribution < 1.29 is 14.3 Å². The molecule has 3 aromatic rings. The Morgan fingerprint density at radius 3 is 2.59 bits per heavy atom. The molecule has 1 aliphatic rings. The van der Waals surface area contributed by atoms with E-state index >= 15 is 0 Å². The highest BCUT2D eigenvalue weighted by atomic mass is 35.5. The van der Waals surface area contributed by atoms with Crippen LogP contribution in [0.15, 0.2) is 53.4 Å². The number of hydrogen-bond acceptors (Lipinski definition) is 4. The van der Waals surface area contributed by atoms with Crippen LogP contribution in [0.4, 0.5) is 4.79 Å². The van der Waals surface area contributed by atoms with Crippen molar-refractivity contribution in [1.82, 2.24) is 9.47 Å². The van der Waals surface area contributed by atoms with E-state index in [-0.39, 0.29) is 24.3 Å². The Bertz CT molecular complexity index is 1130. The lowest BCUT2D eigenvalue weighted by atomic mass is 10.1. The highest BCUT2D eigenvalue weighted by Crippen LogP contribution is 2.35. The third-order valence-corrected chi connectivity index (χ3v) is 6.15. The van der Waals surface area contributed by atoms with E-state index in [4.69, 9.17) is 16.3 Å². The maximum Gasteiger partial charge on any atom is 0.293 e. The number of para-hydroxylation sites is 1. The number of hydrogen-bond donors (Lipinski definition) is 0. The predicted molar refractivity (Wildman–Crippen MR) is 117 cm³/mol. The van der Waals surface area contributed by atoms with Crippen LogP contribution in [0.3, 0.4) is 0 Å². The standard InChI is InChI=1S/C22H19ClN2O3S/c1-14-18(17-5-3-4-6-19(17)24(14)2)13-20-21(26)25(22(27)29-20)11-12-28-16-9-7-15(23)8-10-16/h3-10,13H,11-12H2,1-2H3/b20-13-. The van der Waals surface area contributed by atoms with E-state index in [1.807, 2.05) is 44.3 Å². The van der Waals surface area contributed by atoms with Crippen molar-refractivity contribution in [3.8, 4) is 5.75 Å². The molecule has 0 atom stereocenters. The van der Waals surface area contributed by atoms with Crippen LogP contribution in [0.5, 0.6) is 5.75 Å². The molecule has 0 bridgehead atoms. The molecule has 0 spiro atoms. The van der Waals surface area contributed by atoms with Gasteiger partial charge in [-0.15, -0.1) is 0 Å². The summed E-state index contributed by atoms with van der Waals surface area (Å²) in [6.07, 6.45) is 1.82. The minimum Gasteiger partial charge on any atom is -0.492 e. The summed E-state index contributed by atoms with van der Waals surface area (Å²) in [5.41, 5.74) is 3.10. The minimum absolute atomic E-state index is 0.194. The zero-order valence-corrected chi connectivity index (χ0v) is 17.6. The first-order valence-electron chi connectivity index (χ1n) is 9.13. The Morgan fingerprint density at radius 2 is 1.83 bits per heavy atom. The topological polar surface area (TPSA) is 51.5 Å². The molecule has 2 heterocycles. The van der Waals surface area contributed by atoms with Crippen molar-refractivity contribution in [2.24, 2.45) is 7.05 Å². The van der Waals surface area contributed by atoms with E-state index in [2.05, 4.69) is 4.57 Å². The molecule has 1 saturated heterocycles. The zero-order valence-electron chi connectivity index (χ0n) is 16.0. The number of benzene rings is 2. The molecule has 0 aliphatic carbocycles. The van der Waals surface area contributed by atoms with E-state index in [9.17, 15) is 9.59 Å². The van der Waals surface area contributed by atoms with Crippen LogP contribution >= 0.6 is 23.4 Å². The van der Waals surface area contributed by atoms with Gasteiger partial charge in [-0.05, 0) is 55.1 Å². The summed E-state index contributed by atoms with van der Waals surface area (Å²) >= 11 is 6.82. The molecule has 5 nitrogen and oxygen atoms in total. The van der Waals surface area contributed by atoms with Crippen LogP contribution in [0, 0.1) is 6.92 Å². The number of fused-ring (bicyclic) bond motifs is 1. The number of carbonyl (C=O) groups excluding carboxylic acids is 2. The Hall–Kier alpha value is -2.70. The molecular weight excluding hydrogens is 408 g/mol. The number of aryl methyl sites for hydroxylation is 1. The first-order chi connectivity index (χ1) is 14.0. The third kappa shape index (κ3) is 3.78. The quantitative estimate of drug-likeness (QED) is 0.522. The van der Waals surface area contributed by atoms with E-state index in [1.54, 1.807) is 24.3 Å². The van der Waals surface area contributed by atoms with Gasteiger partial charge in [0.1, 0.15) is 12.4 Å². The van der Waals surface area contributed by atoms with E-state index in [1.165, 1.54) is 4.90 Å². The summed E-state index contributed by atoms with van der Waals surface area (Å²) < 4.78 is 7.71. The number of ether oxygens (including phenoxy) is 1. The maximum absolute atomic E-state index is 12.8. The second kappa shape index (κ2) is 7.97. The highest BCUT2D eigenvalue weighted by molar-refractivity contribution is 8.18. The fourth-order valence-electron chi connectivity index (χ4n) is 3.34. The number of aromatic nitrogens is 1. The van der Waals surface area contributed by atoms with Gasteiger partial charge in [0, 0.05) is 34.2 Å². The van der Waals surface area contributed by atoms with E-state index in [0.29, 0.717) is 15.7 Å². The van der Waals surface area contributed by atoms with E-state index in [0.717, 1.165) is 33.9 Å². The van der Waals surface area contributed by atoms with Gasteiger partial charge < -0.3 is 9.30 Å². The van der Waals surface area contributed by atoms with Gasteiger partial charge in [0.15, 0.2) is 0 Å².